The largest absolute Gasteiger partial charge is 4.00 e. The van der Waals surface area contributed by atoms with Gasteiger partial charge in [-0.05, 0) is 75.3 Å². The number of benzene rings is 4. The number of nitrogens with one attached hydrogen (secondary N) is 1. The molecule has 1 N–H and O–H groups in total. The number of hydrogen-bond acceptors (Lipinski definition) is 0. The van der Waals surface area contributed by atoms with Crippen molar-refractivity contribution in [2.75, 3.05) is 0 Å². The molecule has 0 unspecified atom stereocenters. The van der Waals surface area contributed by atoms with E-state index in [-0.39, 0.29) is 32.2 Å². The van der Waals surface area contributed by atoms with E-state index < -0.39 is 0 Å². The van der Waals surface area contributed by atoms with Crippen molar-refractivity contribution in [3.63, 3.8) is 0 Å². The molecule has 188 valence electrons. The summed E-state index contributed by atoms with van der Waals surface area (Å²) in [4.78, 5) is 0. The Hall–Kier alpha value is -2.61. The molecular weight excluding hydrogens is 552 g/mol. The number of hydrogen-bond donors (Lipinski definition) is 0. The van der Waals surface area contributed by atoms with E-state index in [9.17, 15) is 5.41 Å². The van der Waals surface area contributed by atoms with Crippen molar-refractivity contribution in [1.82, 2.24) is 0 Å². The fourth-order valence-electron chi connectivity index (χ4n) is 3.48. The first-order chi connectivity index (χ1) is 18.8. The van der Waals surface area contributed by atoms with Gasteiger partial charge in [-0.2, -0.15) is 0 Å². The Morgan fingerprint density at radius 2 is 0.641 bits per heavy atom. The SMILES string of the molecule is [CH]1[CH][CH][CH][CH]1.[CH]1[CH][CH][CH][CH]1.[N-]=C(c1ccccc1)c1ccccc1.[NH-]C(c1ccccc1)c1ccccc1.[Zr+4]. The maximum Gasteiger partial charge on any atom is 4.00 e. The van der Waals surface area contributed by atoms with Gasteiger partial charge in [-0.25, -0.2) is 0 Å². The maximum absolute atomic E-state index is 9.91. The summed E-state index contributed by atoms with van der Waals surface area (Å²) in [6, 6.07) is 38.6. The van der Waals surface area contributed by atoms with E-state index in [1.807, 2.05) is 186 Å². The molecule has 0 heterocycles. The van der Waals surface area contributed by atoms with Gasteiger partial charge in [0.1, 0.15) is 0 Å². The van der Waals surface area contributed by atoms with Gasteiger partial charge in [0.25, 0.3) is 0 Å². The van der Waals surface area contributed by atoms with Crippen LogP contribution < -0.4 is 0 Å². The molecule has 6 rings (SSSR count). The second-order valence-electron chi connectivity index (χ2n) is 8.26. The van der Waals surface area contributed by atoms with E-state index in [0.717, 1.165) is 22.3 Å². The quantitative estimate of drug-likeness (QED) is 0.215. The van der Waals surface area contributed by atoms with E-state index in [1.165, 1.54) is 0 Å². The van der Waals surface area contributed by atoms with Crippen LogP contribution >= 0.6 is 0 Å². The summed E-state index contributed by atoms with van der Waals surface area (Å²) >= 11 is 0. The van der Waals surface area contributed by atoms with Gasteiger partial charge in [0.2, 0.25) is 0 Å². The van der Waals surface area contributed by atoms with Crippen LogP contribution in [0.3, 0.4) is 0 Å². The Bertz CT molecular complexity index is 1020. The summed E-state index contributed by atoms with van der Waals surface area (Å²) in [7, 11) is 0. The third-order valence-corrected chi connectivity index (χ3v) is 5.47. The van der Waals surface area contributed by atoms with E-state index in [2.05, 4.69) is 0 Å². The van der Waals surface area contributed by atoms with E-state index >= 15 is 0 Å². The predicted octanol–water partition coefficient (Wildman–Crippen LogP) is 8.96. The molecule has 3 heteroatoms. The topological polar surface area (TPSA) is 46.1 Å². The molecule has 2 aliphatic rings. The van der Waals surface area contributed by atoms with Crippen LogP contribution in [0, 0.1) is 64.2 Å². The van der Waals surface area contributed by atoms with Crippen LogP contribution in [0.25, 0.3) is 11.1 Å². The molecule has 0 atom stereocenters. The number of rotatable bonds is 4. The third kappa shape index (κ3) is 12.9. The maximum atomic E-state index is 9.91. The first-order valence-corrected chi connectivity index (χ1v) is 12.6. The Kier molecular flexibility index (Phi) is 17.0. The molecule has 39 heavy (non-hydrogen) atoms. The van der Waals surface area contributed by atoms with Crippen LogP contribution in [0.2, 0.25) is 0 Å². The monoisotopic (exact) mass is 582 g/mol. The zero-order chi connectivity index (χ0) is 26.7. The van der Waals surface area contributed by atoms with Gasteiger partial charge >= 0.3 is 26.2 Å². The smallest absolute Gasteiger partial charge is 0.803 e. The zero-order valence-electron chi connectivity index (χ0n) is 21.8. The molecule has 0 saturated heterocycles. The summed E-state index contributed by atoms with van der Waals surface area (Å²) < 4.78 is 0. The minimum atomic E-state index is -0.266. The van der Waals surface area contributed by atoms with E-state index in [1.54, 1.807) is 0 Å². The molecule has 4 aromatic carbocycles. The van der Waals surface area contributed by atoms with Crippen LogP contribution in [0.15, 0.2) is 121 Å². The van der Waals surface area contributed by atoms with Crippen molar-refractivity contribution < 1.29 is 26.2 Å². The van der Waals surface area contributed by atoms with Crippen LogP contribution in [0.4, 0.5) is 0 Å². The summed E-state index contributed by atoms with van der Waals surface area (Å²) in [6.45, 7) is 0. The van der Waals surface area contributed by atoms with Crippen LogP contribution in [-0.2, 0) is 26.2 Å². The Balaban J connectivity index is 0.000000199. The van der Waals surface area contributed by atoms with Crippen molar-refractivity contribution in [3.05, 3.63) is 219 Å². The molecule has 10 radical (unpaired) electrons. The molecule has 2 fully saturated rings. The standard InChI is InChI=1S/C13H12N.C13H10N.2C5H5.Zr/c2*14-13(11-7-3-1-4-8-11)12-9-5-2-6-10-12;2*1-2-4-5-3-1;/h1-10,13-14H;1-10H;2*1-5H;/q2*-1;;;+4. The fraction of sp³-hybridized carbons (Fsp3) is 0.0278. The van der Waals surface area contributed by atoms with E-state index in [0.29, 0.717) is 5.71 Å². The van der Waals surface area contributed by atoms with Crippen molar-refractivity contribution >= 4 is 5.71 Å². The van der Waals surface area contributed by atoms with Gasteiger partial charge in [-0.3, -0.25) is 0 Å². The molecule has 0 amide bonds. The molecule has 0 aromatic heterocycles. The average Bonchev–Trinajstić information content (AvgIpc) is 3.79. The van der Waals surface area contributed by atoms with Gasteiger partial charge in [0.15, 0.2) is 0 Å². The molecule has 0 spiro atoms. The average molecular weight is 584 g/mol. The first-order valence-electron chi connectivity index (χ1n) is 12.6. The molecular formula is C36H32N2Zr+2. The number of nitrogens with zero attached hydrogens (tertiary/aromatic N) is 1. The second kappa shape index (κ2) is 20.3. The van der Waals surface area contributed by atoms with Crippen LogP contribution in [0.1, 0.15) is 28.3 Å². The fourth-order valence-corrected chi connectivity index (χ4v) is 3.48. The summed E-state index contributed by atoms with van der Waals surface area (Å²) in [5.41, 5.74) is 12.2. The second-order valence-corrected chi connectivity index (χ2v) is 8.26. The molecule has 0 bridgehead atoms. The summed E-state index contributed by atoms with van der Waals surface area (Å²) in [5, 5.41) is 9.91. The van der Waals surface area contributed by atoms with Gasteiger partial charge in [0, 0.05) is 0 Å². The van der Waals surface area contributed by atoms with Gasteiger partial charge < -0.3 is 11.1 Å². The minimum Gasteiger partial charge on any atom is -0.803 e. The Morgan fingerprint density at radius 1 is 0.410 bits per heavy atom. The summed E-state index contributed by atoms with van der Waals surface area (Å²) in [6.07, 6.45) is 20.0. The van der Waals surface area contributed by atoms with Gasteiger partial charge in [0.05, 0.1) is 0 Å². The first kappa shape index (κ1) is 32.6. The molecule has 2 saturated carbocycles. The third-order valence-electron chi connectivity index (χ3n) is 5.47. The van der Waals surface area contributed by atoms with Gasteiger partial charge in [-0.15, -0.1) is 5.71 Å². The van der Waals surface area contributed by atoms with Crippen molar-refractivity contribution in [2.24, 2.45) is 0 Å². The Morgan fingerprint density at radius 3 is 0.897 bits per heavy atom. The summed E-state index contributed by atoms with van der Waals surface area (Å²) in [5.74, 6) is 0. The van der Waals surface area contributed by atoms with Crippen LogP contribution in [-0.4, -0.2) is 5.71 Å². The molecule has 0 aliphatic heterocycles. The zero-order valence-corrected chi connectivity index (χ0v) is 24.3. The van der Waals surface area contributed by atoms with Crippen molar-refractivity contribution in [3.8, 4) is 0 Å². The predicted molar refractivity (Wildman–Crippen MR) is 162 cm³/mol. The van der Waals surface area contributed by atoms with Crippen molar-refractivity contribution in [2.45, 2.75) is 6.04 Å². The normalized spacial score (nSPS) is 13.4. The van der Waals surface area contributed by atoms with Gasteiger partial charge in [-0.1, -0.05) is 138 Å². The van der Waals surface area contributed by atoms with Crippen LogP contribution in [0.5, 0.6) is 0 Å². The van der Waals surface area contributed by atoms with E-state index in [4.69, 9.17) is 5.73 Å². The minimum absolute atomic E-state index is 0. The molecule has 2 nitrogen and oxygen atoms in total. The molecule has 4 aromatic rings. The van der Waals surface area contributed by atoms with Crippen molar-refractivity contribution in [1.29, 1.82) is 0 Å². The Labute approximate surface area is 255 Å². The molecule has 2 aliphatic carbocycles.